The van der Waals surface area contributed by atoms with E-state index in [1.54, 1.807) is 39.0 Å². The van der Waals surface area contributed by atoms with E-state index in [9.17, 15) is 9.59 Å². The van der Waals surface area contributed by atoms with Crippen molar-refractivity contribution in [3.05, 3.63) is 24.3 Å². The lowest BCUT2D eigenvalue weighted by molar-refractivity contribution is -0.165. The number of hydrogen-bond acceptors (Lipinski definition) is 6. The van der Waals surface area contributed by atoms with Crippen LogP contribution in [0.4, 0.5) is 5.69 Å². The highest BCUT2D eigenvalue weighted by Crippen LogP contribution is 2.17. The van der Waals surface area contributed by atoms with Crippen molar-refractivity contribution in [2.75, 3.05) is 12.3 Å². The van der Waals surface area contributed by atoms with Crippen LogP contribution in [-0.4, -0.2) is 24.1 Å². The summed E-state index contributed by atoms with van der Waals surface area (Å²) in [7, 11) is 0. The molecule has 6 nitrogen and oxygen atoms in total. The number of ether oxygens (including phenoxy) is 2. The maximum Gasteiger partial charge on any atom is 0.327 e. The molecular weight excluding hydrogens is 260 g/mol. The normalized spacial score (nSPS) is 12.6. The van der Waals surface area contributed by atoms with Crippen LogP contribution in [0.1, 0.15) is 20.8 Å². The Hall–Kier alpha value is -2.08. The average molecular weight is 280 g/mol. The van der Waals surface area contributed by atoms with Crippen LogP contribution in [0.15, 0.2) is 24.3 Å². The number of nitrogens with two attached hydrogens (primary N) is 2. The maximum absolute atomic E-state index is 11.9. The lowest BCUT2D eigenvalue weighted by Crippen LogP contribution is -2.39. The van der Waals surface area contributed by atoms with Gasteiger partial charge in [-0.15, -0.1) is 0 Å². The Labute approximate surface area is 118 Å². The Morgan fingerprint density at radius 2 is 1.90 bits per heavy atom. The summed E-state index contributed by atoms with van der Waals surface area (Å²) in [4.78, 5) is 23.8. The maximum atomic E-state index is 11.9. The molecule has 20 heavy (non-hydrogen) atoms. The number of rotatable bonds is 4. The number of benzene rings is 1. The largest absolute Gasteiger partial charge is 0.459 e. The Morgan fingerprint density at radius 3 is 2.40 bits per heavy atom. The number of carbonyl (C=O) groups is 2. The second-order valence-electron chi connectivity index (χ2n) is 5.32. The van der Waals surface area contributed by atoms with Gasteiger partial charge in [0.2, 0.25) is 0 Å². The molecule has 6 heteroatoms. The molecule has 1 aromatic rings. The van der Waals surface area contributed by atoms with Crippen LogP contribution in [-0.2, 0) is 14.3 Å². The van der Waals surface area contributed by atoms with Gasteiger partial charge in [0.15, 0.2) is 5.92 Å². The monoisotopic (exact) mass is 280 g/mol. The second kappa shape index (κ2) is 6.38. The van der Waals surface area contributed by atoms with Crippen LogP contribution in [0.25, 0.3) is 0 Å². The van der Waals surface area contributed by atoms with E-state index in [1.165, 1.54) is 6.07 Å². The van der Waals surface area contributed by atoms with E-state index in [0.717, 1.165) is 0 Å². The van der Waals surface area contributed by atoms with Gasteiger partial charge in [-0.25, -0.2) is 0 Å². The van der Waals surface area contributed by atoms with Gasteiger partial charge in [0.1, 0.15) is 11.4 Å². The van der Waals surface area contributed by atoms with Crippen LogP contribution >= 0.6 is 0 Å². The van der Waals surface area contributed by atoms with Gasteiger partial charge >= 0.3 is 11.9 Å². The van der Waals surface area contributed by atoms with Crippen LogP contribution in [0.5, 0.6) is 5.75 Å². The molecule has 0 radical (unpaired) electrons. The van der Waals surface area contributed by atoms with Gasteiger partial charge in [0.05, 0.1) is 0 Å². The second-order valence-corrected chi connectivity index (χ2v) is 5.32. The van der Waals surface area contributed by atoms with Crippen molar-refractivity contribution in [2.45, 2.75) is 26.4 Å². The lowest BCUT2D eigenvalue weighted by Gasteiger charge is -2.22. The fraction of sp³-hybridized carbons (Fsp3) is 0.429. The van der Waals surface area contributed by atoms with E-state index in [4.69, 9.17) is 20.9 Å². The summed E-state index contributed by atoms with van der Waals surface area (Å²) in [5.74, 6) is -2.35. The Morgan fingerprint density at radius 1 is 1.25 bits per heavy atom. The number of hydrogen-bond donors (Lipinski definition) is 2. The molecule has 0 aliphatic rings. The highest BCUT2D eigenvalue weighted by molar-refractivity contribution is 5.96. The van der Waals surface area contributed by atoms with Crippen LogP contribution in [0, 0.1) is 5.92 Å². The predicted molar refractivity (Wildman–Crippen MR) is 74.9 cm³/mol. The van der Waals surface area contributed by atoms with Crippen LogP contribution in [0.2, 0.25) is 0 Å². The highest BCUT2D eigenvalue weighted by Gasteiger charge is 2.31. The van der Waals surface area contributed by atoms with E-state index in [1.807, 2.05) is 0 Å². The third kappa shape index (κ3) is 4.89. The molecule has 0 heterocycles. The molecule has 0 saturated carbocycles. The number of anilines is 1. The molecular formula is C14H20N2O4. The first-order valence-electron chi connectivity index (χ1n) is 6.23. The van der Waals surface area contributed by atoms with Crippen molar-refractivity contribution in [3.63, 3.8) is 0 Å². The van der Waals surface area contributed by atoms with Crippen molar-refractivity contribution in [2.24, 2.45) is 11.7 Å². The molecule has 1 atom stereocenters. The van der Waals surface area contributed by atoms with E-state index in [0.29, 0.717) is 5.69 Å². The fourth-order valence-corrected chi connectivity index (χ4v) is 1.43. The fourth-order valence-electron chi connectivity index (χ4n) is 1.43. The summed E-state index contributed by atoms with van der Waals surface area (Å²) < 4.78 is 10.2. The van der Waals surface area contributed by atoms with Crippen molar-refractivity contribution in [3.8, 4) is 5.75 Å². The van der Waals surface area contributed by atoms with Crippen molar-refractivity contribution < 1.29 is 19.1 Å². The standard InChI is InChI=1S/C14H20N2O4/c1-14(2,3)20-13(18)11(8-15)12(17)19-10-6-4-5-9(16)7-10/h4-7,11H,8,15-16H2,1-3H3. The first kappa shape index (κ1) is 16.0. The van der Waals surface area contributed by atoms with Crippen molar-refractivity contribution in [1.82, 2.24) is 0 Å². The molecule has 0 aliphatic heterocycles. The summed E-state index contributed by atoms with van der Waals surface area (Å²) in [6.45, 7) is 4.95. The topological polar surface area (TPSA) is 105 Å². The third-order valence-corrected chi connectivity index (χ3v) is 2.29. The third-order valence-electron chi connectivity index (χ3n) is 2.29. The van der Waals surface area contributed by atoms with E-state index in [-0.39, 0.29) is 12.3 Å². The van der Waals surface area contributed by atoms with Crippen LogP contribution < -0.4 is 16.2 Å². The van der Waals surface area contributed by atoms with Gasteiger partial charge < -0.3 is 20.9 Å². The summed E-state index contributed by atoms with van der Waals surface area (Å²) in [5.41, 5.74) is 10.8. The van der Waals surface area contributed by atoms with E-state index >= 15 is 0 Å². The molecule has 0 saturated heterocycles. The molecule has 1 aromatic carbocycles. The minimum Gasteiger partial charge on any atom is -0.459 e. The molecule has 4 N–H and O–H groups in total. The quantitative estimate of drug-likeness (QED) is 0.370. The smallest absolute Gasteiger partial charge is 0.327 e. The summed E-state index contributed by atoms with van der Waals surface area (Å²) in [5, 5.41) is 0. The number of carbonyl (C=O) groups excluding carboxylic acids is 2. The molecule has 0 aromatic heterocycles. The zero-order valence-electron chi connectivity index (χ0n) is 11.9. The van der Waals surface area contributed by atoms with Crippen LogP contribution in [0.3, 0.4) is 0 Å². The first-order chi connectivity index (χ1) is 9.23. The summed E-state index contributed by atoms with van der Waals surface area (Å²) >= 11 is 0. The minimum absolute atomic E-state index is 0.184. The van der Waals surface area contributed by atoms with Gasteiger partial charge in [0.25, 0.3) is 0 Å². The zero-order chi connectivity index (χ0) is 15.3. The molecule has 0 aliphatic carbocycles. The molecule has 0 amide bonds. The molecule has 0 fully saturated rings. The van der Waals surface area contributed by atoms with Gasteiger partial charge in [-0.2, -0.15) is 0 Å². The molecule has 1 rings (SSSR count). The predicted octanol–water partition coefficient (Wildman–Crippen LogP) is 1.09. The Kier molecular flexibility index (Phi) is 5.10. The summed E-state index contributed by atoms with van der Waals surface area (Å²) in [6, 6.07) is 6.35. The van der Waals surface area contributed by atoms with Crippen molar-refractivity contribution in [1.29, 1.82) is 0 Å². The number of esters is 2. The van der Waals surface area contributed by atoms with E-state index in [2.05, 4.69) is 0 Å². The SMILES string of the molecule is CC(C)(C)OC(=O)C(CN)C(=O)Oc1cccc(N)c1. The van der Waals surface area contributed by atoms with E-state index < -0.39 is 23.5 Å². The van der Waals surface area contributed by atoms with Gasteiger partial charge in [-0.1, -0.05) is 6.07 Å². The average Bonchev–Trinajstić information content (AvgIpc) is 2.27. The van der Waals surface area contributed by atoms with Gasteiger partial charge in [-0.3, -0.25) is 9.59 Å². The zero-order valence-corrected chi connectivity index (χ0v) is 11.9. The minimum atomic E-state index is -1.16. The first-order valence-corrected chi connectivity index (χ1v) is 6.23. The lowest BCUT2D eigenvalue weighted by atomic mass is 10.1. The van der Waals surface area contributed by atoms with Crippen molar-refractivity contribution >= 4 is 17.6 Å². The summed E-state index contributed by atoms with van der Waals surface area (Å²) in [6.07, 6.45) is 0. The highest BCUT2D eigenvalue weighted by atomic mass is 16.6. The molecule has 0 bridgehead atoms. The molecule has 1 unspecified atom stereocenters. The van der Waals surface area contributed by atoms with Gasteiger partial charge in [0, 0.05) is 18.3 Å². The molecule has 110 valence electrons. The Balaban J connectivity index is 2.75. The molecule has 0 spiro atoms. The van der Waals surface area contributed by atoms with Gasteiger partial charge in [-0.05, 0) is 32.9 Å². The Bertz CT molecular complexity index is 494. The number of nitrogen functional groups attached to an aromatic ring is 1.